The summed E-state index contributed by atoms with van der Waals surface area (Å²) in [7, 11) is 0. The van der Waals surface area contributed by atoms with Gasteiger partial charge in [0, 0.05) is 16.6 Å². The fourth-order valence-corrected chi connectivity index (χ4v) is 3.47. The Hall–Kier alpha value is -2.34. The molecule has 0 bridgehead atoms. The SMILES string of the molecule is Cc1ccccc1CN(C(=O)COc1cc(C)c(Br)c(C)c1)[C@@H](C)C(=O)NC(C)(C)C. The molecule has 2 amide bonds. The summed E-state index contributed by atoms with van der Waals surface area (Å²) in [5, 5.41) is 2.97. The van der Waals surface area contributed by atoms with Gasteiger partial charge in [-0.05, 0) is 82.9 Å². The Balaban J connectivity index is 2.23. The second kappa shape index (κ2) is 10.3. The molecular weight excluding hydrogens is 456 g/mol. The molecule has 0 aliphatic carbocycles. The van der Waals surface area contributed by atoms with E-state index in [9.17, 15) is 9.59 Å². The molecule has 0 saturated carbocycles. The molecule has 0 aromatic heterocycles. The summed E-state index contributed by atoms with van der Waals surface area (Å²) in [6, 6.07) is 11.0. The number of nitrogens with zero attached hydrogens (tertiary/aromatic N) is 1. The van der Waals surface area contributed by atoms with Crippen LogP contribution in [0, 0.1) is 20.8 Å². The van der Waals surface area contributed by atoms with Crippen LogP contribution >= 0.6 is 15.9 Å². The molecule has 0 aliphatic heterocycles. The zero-order valence-corrected chi connectivity index (χ0v) is 21.1. The Bertz CT molecular complexity index is 927. The fourth-order valence-electron chi connectivity index (χ4n) is 3.25. The molecule has 31 heavy (non-hydrogen) atoms. The zero-order chi connectivity index (χ0) is 23.3. The fraction of sp³-hybridized carbons (Fsp3) is 0.440. The standard InChI is InChI=1S/C25H33BrN2O3/c1-16-10-8-9-11-20(16)14-28(19(4)24(30)27-25(5,6)7)22(29)15-31-21-12-17(2)23(26)18(3)13-21/h8-13,19H,14-15H2,1-7H3,(H,27,30)/t19-/m0/s1. The van der Waals surface area contributed by atoms with E-state index in [1.807, 2.05) is 77.9 Å². The molecule has 2 rings (SSSR count). The minimum absolute atomic E-state index is 0.139. The number of ether oxygens (including phenoxy) is 1. The van der Waals surface area contributed by atoms with E-state index >= 15 is 0 Å². The topological polar surface area (TPSA) is 58.6 Å². The first kappa shape index (κ1) is 24.9. The molecule has 1 N–H and O–H groups in total. The first-order chi connectivity index (χ1) is 14.4. The van der Waals surface area contributed by atoms with Crippen LogP contribution < -0.4 is 10.1 Å². The number of benzene rings is 2. The highest BCUT2D eigenvalue weighted by Crippen LogP contribution is 2.26. The van der Waals surface area contributed by atoms with Crippen molar-refractivity contribution in [1.29, 1.82) is 0 Å². The molecule has 0 unspecified atom stereocenters. The highest BCUT2D eigenvalue weighted by Gasteiger charge is 2.29. The summed E-state index contributed by atoms with van der Waals surface area (Å²) in [5.74, 6) is 0.206. The Morgan fingerprint density at radius 3 is 2.19 bits per heavy atom. The number of hydrogen-bond acceptors (Lipinski definition) is 3. The maximum Gasteiger partial charge on any atom is 0.261 e. The third-order valence-electron chi connectivity index (χ3n) is 5.04. The van der Waals surface area contributed by atoms with E-state index in [4.69, 9.17) is 4.74 Å². The lowest BCUT2D eigenvalue weighted by Gasteiger charge is -2.31. The number of nitrogens with one attached hydrogen (secondary N) is 1. The van der Waals surface area contributed by atoms with Crippen LogP contribution in [-0.2, 0) is 16.1 Å². The lowest BCUT2D eigenvalue weighted by atomic mass is 10.1. The van der Waals surface area contributed by atoms with Crippen LogP contribution in [0.15, 0.2) is 40.9 Å². The molecule has 0 aliphatic rings. The maximum atomic E-state index is 13.2. The normalized spacial score (nSPS) is 12.3. The summed E-state index contributed by atoms with van der Waals surface area (Å²) < 4.78 is 6.85. The number of amides is 2. The van der Waals surface area contributed by atoms with Crippen molar-refractivity contribution in [3.05, 3.63) is 63.1 Å². The smallest absolute Gasteiger partial charge is 0.261 e. The van der Waals surface area contributed by atoms with Gasteiger partial charge in [0.05, 0.1) is 0 Å². The van der Waals surface area contributed by atoms with Crippen LogP contribution in [0.5, 0.6) is 5.75 Å². The Labute approximate surface area is 194 Å². The summed E-state index contributed by atoms with van der Waals surface area (Å²) in [5.41, 5.74) is 3.77. The quantitative estimate of drug-likeness (QED) is 0.590. The van der Waals surface area contributed by atoms with Gasteiger partial charge in [0.25, 0.3) is 5.91 Å². The molecule has 0 saturated heterocycles. The molecule has 168 valence electrons. The van der Waals surface area contributed by atoms with Gasteiger partial charge < -0.3 is 15.0 Å². The molecule has 2 aromatic rings. The van der Waals surface area contributed by atoms with Crippen LogP contribution in [0.25, 0.3) is 0 Å². The number of hydrogen-bond donors (Lipinski definition) is 1. The summed E-state index contributed by atoms with van der Waals surface area (Å²) in [6.07, 6.45) is 0. The Morgan fingerprint density at radius 2 is 1.65 bits per heavy atom. The molecule has 0 heterocycles. The van der Waals surface area contributed by atoms with E-state index in [0.29, 0.717) is 12.3 Å². The first-order valence-corrected chi connectivity index (χ1v) is 11.2. The molecule has 0 fully saturated rings. The van der Waals surface area contributed by atoms with Crippen molar-refractivity contribution in [3.63, 3.8) is 0 Å². The second-order valence-corrected chi connectivity index (χ2v) is 9.82. The number of carbonyl (C=O) groups excluding carboxylic acids is 2. The van der Waals surface area contributed by atoms with Gasteiger partial charge in [-0.25, -0.2) is 0 Å². The van der Waals surface area contributed by atoms with Gasteiger partial charge in [-0.3, -0.25) is 9.59 Å². The van der Waals surface area contributed by atoms with Gasteiger partial charge in [-0.1, -0.05) is 40.2 Å². The number of carbonyl (C=O) groups is 2. The Morgan fingerprint density at radius 1 is 1.06 bits per heavy atom. The summed E-state index contributed by atoms with van der Waals surface area (Å²) in [6.45, 7) is 13.7. The van der Waals surface area contributed by atoms with E-state index in [-0.39, 0.29) is 24.0 Å². The van der Waals surface area contributed by atoms with Gasteiger partial charge in [-0.2, -0.15) is 0 Å². The highest BCUT2D eigenvalue weighted by molar-refractivity contribution is 9.10. The van der Waals surface area contributed by atoms with Gasteiger partial charge in [0.1, 0.15) is 11.8 Å². The Kier molecular flexibility index (Phi) is 8.29. The van der Waals surface area contributed by atoms with E-state index < -0.39 is 6.04 Å². The summed E-state index contributed by atoms with van der Waals surface area (Å²) in [4.78, 5) is 27.6. The van der Waals surface area contributed by atoms with Crippen molar-refractivity contribution < 1.29 is 14.3 Å². The first-order valence-electron chi connectivity index (χ1n) is 10.4. The van der Waals surface area contributed by atoms with Gasteiger partial charge >= 0.3 is 0 Å². The number of rotatable bonds is 7. The summed E-state index contributed by atoms with van der Waals surface area (Å²) >= 11 is 3.54. The zero-order valence-electron chi connectivity index (χ0n) is 19.5. The molecule has 0 radical (unpaired) electrons. The predicted octanol–water partition coefficient (Wildman–Crippen LogP) is 5.09. The van der Waals surface area contributed by atoms with Crippen LogP contribution in [0.1, 0.15) is 49.9 Å². The van der Waals surface area contributed by atoms with E-state index in [1.165, 1.54) is 0 Å². The van der Waals surface area contributed by atoms with E-state index in [2.05, 4.69) is 21.2 Å². The van der Waals surface area contributed by atoms with Crippen LogP contribution in [0.3, 0.4) is 0 Å². The lowest BCUT2D eigenvalue weighted by Crippen LogP contribution is -2.53. The van der Waals surface area contributed by atoms with Crippen molar-refractivity contribution in [2.24, 2.45) is 0 Å². The van der Waals surface area contributed by atoms with E-state index in [1.54, 1.807) is 11.8 Å². The third-order valence-corrected chi connectivity index (χ3v) is 6.29. The third kappa shape index (κ3) is 7.10. The molecular formula is C25H33BrN2O3. The number of halogens is 1. The minimum Gasteiger partial charge on any atom is -0.484 e. The van der Waals surface area contributed by atoms with Gasteiger partial charge in [-0.15, -0.1) is 0 Å². The maximum absolute atomic E-state index is 13.2. The van der Waals surface area contributed by atoms with Crippen molar-refractivity contribution in [3.8, 4) is 5.75 Å². The molecule has 2 aromatic carbocycles. The van der Waals surface area contributed by atoms with Crippen LogP contribution in [0.2, 0.25) is 0 Å². The highest BCUT2D eigenvalue weighted by atomic mass is 79.9. The van der Waals surface area contributed by atoms with Crippen molar-refractivity contribution in [2.45, 2.75) is 66.6 Å². The molecule has 5 nitrogen and oxygen atoms in total. The van der Waals surface area contributed by atoms with Gasteiger partial charge in [0.2, 0.25) is 5.91 Å². The largest absolute Gasteiger partial charge is 0.484 e. The van der Waals surface area contributed by atoms with Crippen molar-refractivity contribution >= 4 is 27.7 Å². The van der Waals surface area contributed by atoms with Crippen molar-refractivity contribution in [2.75, 3.05) is 6.61 Å². The average Bonchev–Trinajstić information content (AvgIpc) is 2.67. The predicted molar refractivity (Wildman–Crippen MR) is 128 cm³/mol. The lowest BCUT2D eigenvalue weighted by molar-refractivity contribution is -0.142. The van der Waals surface area contributed by atoms with Gasteiger partial charge in [0.15, 0.2) is 6.61 Å². The van der Waals surface area contributed by atoms with E-state index in [0.717, 1.165) is 26.7 Å². The molecule has 6 heteroatoms. The van der Waals surface area contributed by atoms with Crippen LogP contribution in [-0.4, -0.2) is 34.9 Å². The van der Waals surface area contributed by atoms with Crippen molar-refractivity contribution in [1.82, 2.24) is 10.2 Å². The molecule has 0 spiro atoms. The monoisotopic (exact) mass is 488 g/mol. The minimum atomic E-state index is -0.636. The average molecular weight is 489 g/mol. The van der Waals surface area contributed by atoms with Crippen LogP contribution in [0.4, 0.5) is 0 Å². The number of aryl methyl sites for hydroxylation is 3. The second-order valence-electron chi connectivity index (χ2n) is 9.02. The molecule has 1 atom stereocenters.